The van der Waals surface area contributed by atoms with Crippen LogP contribution in [0.25, 0.3) is 0 Å². The lowest BCUT2D eigenvalue weighted by atomic mass is 10.1. The third-order valence-electron chi connectivity index (χ3n) is 3.27. The van der Waals surface area contributed by atoms with Crippen molar-refractivity contribution in [1.82, 2.24) is 4.90 Å². The van der Waals surface area contributed by atoms with E-state index in [1.807, 2.05) is 0 Å². The molecule has 3 nitrogen and oxygen atoms in total. The van der Waals surface area contributed by atoms with Crippen LogP contribution in [0, 0.1) is 0 Å². The van der Waals surface area contributed by atoms with Crippen molar-refractivity contribution in [2.24, 2.45) is 0 Å². The number of likely N-dealkylation sites (tertiary alicyclic amines) is 1. The summed E-state index contributed by atoms with van der Waals surface area (Å²) < 4.78 is 0. The first kappa shape index (κ1) is 11.5. The Labute approximate surface area is 86.1 Å². The van der Waals surface area contributed by atoms with Crippen molar-refractivity contribution >= 4 is 5.97 Å². The number of hydrogen-bond donors (Lipinski definition) is 1. The number of carboxylic acids is 1. The van der Waals surface area contributed by atoms with Crippen molar-refractivity contribution in [1.29, 1.82) is 0 Å². The van der Waals surface area contributed by atoms with Crippen LogP contribution < -0.4 is 0 Å². The van der Waals surface area contributed by atoms with Crippen LogP contribution in [0.3, 0.4) is 0 Å². The molecule has 14 heavy (non-hydrogen) atoms. The summed E-state index contributed by atoms with van der Waals surface area (Å²) in [6.45, 7) is 5.58. The number of nitrogens with zero attached hydrogens (tertiary/aromatic N) is 1. The van der Waals surface area contributed by atoms with Crippen LogP contribution in [0.1, 0.15) is 46.0 Å². The van der Waals surface area contributed by atoms with Crippen molar-refractivity contribution in [3.05, 3.63) is 0 Å². The maximum atomic E-state index is 10.5. The van der Waals surface area contributed by atoms with Crippen LogP contribution in [-0.2, 0) is 4.79 Å². The quantitative estimate of drug-likeness (QED) is 0.737. The lowest BCUT2D eigenvalue weighted by Gasteiger charge is -2.29. The van der Waals surface area contributed by atoms with Crippen LogP contribution in [-0.4, -0.2) is 34.6 Å². The number of carbonyl (C=O) groups is 1. The molecule has 1 N–H and O–H groups in total. The van der Waals surface area contributed by atoms with E-state index in [1.54, 1.807) is 0 Å². The molecule has 1 aliphatic rings. The van der Waals surface area contributed by atoms with E-state index in [-0.39, 0.29) is 0 Å². The van der Waals surface area contributed by atoms with Gasteiger partial charge in [0, 0.05) is 18.5 Å². The fraction of sp³-hybridized carbons (Fsp3) is 0.909. The standard InChI is InChI=1S/C11H21NO2/c1-3-9(2)12-8-4-5-10(12)6-7-11(13)14/h9-10H,3-8H2,1-2H3,(H,13,14). The molecule has 2 atom stereocenters. The van der Waals surface area contributed by atoms with Crippen molar-refractivity contribution in [2.75, 3.05) is 6.54 Å². The fourth-order valence-electron chi connectivity index (χ4n) is 2.27. The molecule has 2 unspecified atom stereocenters. The Balaban J connectivity index is 2.38. The molecule has 1 aliphatic heterocycles. The molecular weight excluding hydrogens is 178 g/mol. The molecule has 1 fully saturated rings. The second kappa shape index (κ2) is 5.35. The van der Waals surface area contributed by atoms with Gasteiger partial charge in [-0.25, -0.2) is 0 Å². The smallest absolute Gasteiger partial charge is 0.303 e. The van der Waals surface area contributed by atoms with E-state index in [0.29, 0.717) is 18.5 Å². The Morgan fingerprint density at radius 3 is 2.93 bits per heavy atom. The summed E-state index contributed by atoms with van der Waals surface area (Å²) in [6.07, 6.45) is 4.70. The van der Waals surface area contributed by atoms with E-state index < -0.39 is 5.97 Å². The van der Waals surface area contributed by atoms with Gasteiger partial charge in [0.2, 0.25) is 0 Å². The number of aliphatic carboxylic acids is 1. The lowest BCUT2D eigenvalue weighted by molar-refractivity contribution is -0.137. The average molecular weight is 199 g/mol. The second-order valence-corrected chi connectivity index (χ2v) is 4.22. The molecular formula is C11H21NO2. The van der Waals surface area contributed by atoms with E-state index >= 15 is 0 Å². The van der Waals surface area contributed by atoms with Crippen LogP contribution in [0.5, 0.6) is 0 Å². The monoisotopic (exact) mass is 199 g/mol. The van der Waals surface area contributed by atoms with Gasteiger partial charge >= 0.3 is 5.97 Å². The third kappa shape index (κ3) is 2.98. The maximum Gasteiger partial charge on any atom is 0.303 e. The third-order valence-corrected chi connectivity index (χ3v) is 3.27. The van der Waals surface area contributed by atoms with Gasteiger partial charge in [0.1, 0.15) is 0 Å². The zero-order chi connectivity index (χ0) is 10.6. The van der Waals surface area contributed by atoms with Gasteiger partial charge in [-0.05, 0) is 39.2 Å². The largest absolute Gasteiger partial charge is 0.481 e. The molecule has 1 heterocycles. The van der Waals surface area contributed by atoms with Crippen molar-refractivity contribution in [3.63, 3.8) is 0 Å². The van der Waals surface area contributed by atoms with E-state index in [2.05, 4.69) is 18.7 Å². The van der Waals surface area contributed by atoms with Crippen LogP contribution in [0.4, 0.5) is 0 Å². The van der Waals surface area contributed by atoms with Crippen molar-refractivity contribution in [3.8, 4) is 0 Å². The molecule has 0 bridgehead atoms. The molecule has 0 aliphatic carbocycles. The van der Waals surface area contributed by atoms with E-state index in [4.69, 9.17) is 5.11 Å². The lowest BCUT2D eigenvalue weighted by Crippen LogP contribution is -2.37. The van der Waals surface area contributed by atoms with Crippen molar-refractivity contribution in [2.45, 2.75) is 58.0 Å². The minimum absolute atomic E-state index is 0.317. The highest BCUT2D eigenvalue weighted by Crippen LogP contribution is 2.24. The normalized spacial score (nSPS) is 25.1. The van der Waals surface area contributed by atoms with Gasteiger partial charge in [-0.2, -0.15) is 0 Å². The minimum atomic E-state index is -0.666. The summed E-state index contributed by atoms with van der Waals surface area (Å²) in [5.74, 6) is -0.666. The van der Waals surface area contributed by atoms with Crippen LogP contribution in [0.15, 0.2) is 0 Å². The van der Waals surface area contributed by atoms with E-state index in [1.165, 1.54) is 12.8 Å². The van der Waals surface area contributed by atoms with Gasteiger partial charge in [0.15, 0.2) is 0 Å². The zero-order valence-corrected chi connectivity index (χ0v) is 9.20. The van der Waals surface area contributed by atoms with Gasteiger partial charge < -0.3 is 5.11 Å². The first-order valence-electron chi connectivity index (χ1n) is 5.62. The summed E-state index contributed by atoms with van der Waals surface area (Å²) in [4.78, 5) is 13.0. The molecule has 82 valence electrons. The predicted octanol–water partition coefficient (Wildman–Crippen LogP) is 2.11. The number of rotatable bonds is 5. The molecule has 3 heteroatoms. The Bertz CT molecular complexity index is 194. The average Bonchev–Trinajstić information content (AvgIpc) is 2.61. The molecule has 0 aromatic carbocycles. The molecule has 0 aromatic rings. The number of carboxylic acid groups (broad SMARTS) is 1. The zero-order valence-electron chi connectivity index (χ0n) is 9.20. The van der Waals surface area contributed by atoms with Gasteiger partial charge in [0.05, 0.1) is 0 Å². The van der Waals surface area contributed by atoms with Gasteiger partial charge in [-0.3, -0.25) is 9.69 Å². The van der Waals surface area contributed by atoms with E-state index in [0.717, 1.165) is 19.4 Å². The highest BCUT2D eigenvalue weighted by Gasteiger charge is 2.27. The first-order valence-corrected chi connectivity index (χ1v) is 5.62. The molecule has 0 aromatic heterocycles. The Kier molecular flexibility index (Phi) is 4.39. The molecule has 0 spiro atoms. The maximum absolute atomic E-state index is 10.5. The summed E-state index contributed by atoms with van der Waals surface area (Å²) >= 11 is 0. The predicted molar refractivity (Wildman–Crippen MR) is 56.4 cm³/mol. The Morgan fingerprint density at radius 1 is 1.64 bits per heavy atom. The van der Waals surface area contributed by atoms with Crippen molar-refractivity contribution < 1.29 is 9.90 Å². The van der Waals surface area contributed by atoms with Gasteiger partial charge in [-0.15, -0.1) is 0 Å². The molecule has 0 amide bonds. The second-order valence-electron chi connectivity index (χ2n) is 4.22. The molecule has 0 radical (unpaired) electrons. The SMILES string of the molecule is CCC(C)N1CCCC1CCC(=O)O. The van der Waals surface area contributed by atoms with E-state index in [9.17, 15) is 4.79 Å². The summed E-state index contributed by atoms with van der Waals surface area (Å²) in [5, 5.41) is 8.64. The van der Waals surface area contributed by atoms with Gasteiger partial charge in [0.25, 0.3) is 0 Å². The first-order chi connectivity index (χ1) is 6.65. The topological polar surface area (TPSA) is 40.5 Å². The summed E-state index contributed by atoms with van der Waals surface area (Å²) in [6, 6.07) is 1.12. The summed E-state index contributed by atoms with van der Waals surface area (Å²) in [7, 11) is 0. The van der Waals surface area contributed by atoms with Crippen LogP contribution >= 0.6 is 0 Å². The van der Waals surface area contributed by atoms with Crippen LogP contribution in [0.2, 0.25) is 0 Å². The molecule has 1 saturated heterocycles. The Hall–Kier alpha value is -0.570. The summed E-state index contributed by atoms with van der Waals surface area (Å²) in [5.41, 5.74) is 0. The number of hydrogen-bond acceptors (Lipinski definition) is 2. The van der Waals surface area contributed by atoms with Gasteiger partial charge in [-0.1, -0.05) is 6.92 Å². The highest BCUT2D eigenvalue weighted by atomic mass is 16.4. The Morgan fingerprint density at radius 2 is 2.36 bits per heavy atom. The minimum Gasteiger partial charge on any atom is -0.481 e. The highest BCUT2D eigenvalue weighted by molar-refractivity contribution is 5.66. The molecule has 1 rings (SSSR count). The fourth-order valence-corrected chi connectivity index (χ4v) is 2.27. The molecule has 0 saturated carbocycles.